The van der Waals surface area contributed by atoms with Gasteiger partial charge in [-0.15, -0.1) is 0 Å². The summed E-state index contributed by atoms with van der Waals surface area (Å²) in [5.74, 6) is -0.422. The maximum Gasteiger partial charge on any atom is 0.253 e. The number of aromatic nitrogens is 1. The molecule has 1 amide bonds. The summed E-state index contributed by atoms with van der Waals surface area (Å²) in [4.78, 5) is 16.3. The number of aliphatic hydroxyl groups is 2. The van der Waals surface area contributed by atoms with E-state index in [1.54, 1.807) is 18.3 Å². The average molecular weight is 312 g/mol. The van der Waals surface area contributed by atoms with Crippen LogP contribution in [-0.2, 0) is 0 Å². The molecule has 1 saturated carbocycles. The fraction of sp³-hybridized carbons (Fsp3) is 0.333. The molecule has 3 N–H and O–H groups in total. The van der Waals surface area contributed by atoms with Crippen LogP contribution in [0.1, 0.15) is 33.8 Å². The third-order valence-corrected chi connectivity index (χ3v) is 4.42. The molecule has 0 saturated heterocycles. The molecule has 1 aromatic carbocycles. The zero-order valence-corrected chi connectivity index (χ0v) is 12.9. The Morgan fingerprint density at radius 1 is 1.22 bits per heavy atom. The third kappa shape index (κ3) is 3.25. The number of pyridine rings is 1. The molecule has 0 bridgehead atoms. The lowest BCUT2D eigenvalue weighted by molar-refractivity contribution is 0.0294. The molecule has 0 radical (unpaired) electrons. The lowest BCUT2D eigenvalue weighted by atomic mass is 9.92. The van der Waals surface area contributed by atoms with Crippen LogP contribution in [0.25, 0.3) is 0 Å². The second kappa shape index (κ2) is 6.48. The second-order valence-electron chi connectivity index (χ2n) is 6.05. The van der Waals surface area contributed by atoms with Crippen LogP contribution in [0, 0.1) is 6.92 Å². The van der Waals surface area contributed by atoms with E-state index in [2.05, 4.69) is 10.3 Å². The van der Waals surface area contributed by atoms with Crippen molar-refractivity contribution in [1.29, 1.82) is 0 Å². The van der Waals surface area contributed by atoms with E-state index in [1.807, 2.05) is 31.2 Å². The number of carbonyl (C=O) groups excluding carboxylic acids is 1. The van der Waals surface area contributed by atoms with Crippen LogP contribution < -0.4 is 5.32 Å². The van der Waals surface area contributed by atoms with Crippen LogP contribution in [0.5, 0.6) is 0 Å². The highest BCUT2D eigenvalue weighted by atomic mass is 16.3. The van der Waals surface area contributed by atoms with Gasteiger partial charge in [-0.2, -0.15) is 0 Å². The van der Waals surface area contributed by atoms with Crippen molar-refractivity contribution in [3.63, 3.8) is 0 Å². The predicted molar refractivity (Wildman–Crippen MR) is 86.0 cm³/mol. The molecule has 0 spiro atoms. The molecular formula is C18H20N2O3. The highest BCUT2D eigenvalue weighted by molar-refractivity contribution is 5.94. The van der Waals surface area contributed by atoms with Crippen LogP contribution in [0.3, 0.4) is 0 Å². The lowest BCUT2D eigenvalue weighted by Crippen LogP contribution is -2.45. The van der Waals surface area contributed by atoms with E-state index in [1.165, 1.54) is 6.20 Å². The van der Waals surface area contributed by atoms with Crippen molar-refractivity contribution in [3.05, 3.63) is 65.5 Å². The first-order chi connectivity index (χ1) is 11.1. The molecule has 23 heavy (non-hydrogen) atoms. The van der Waals surface area contributed by atoms with E-state index >= 15 is 0 Å². The first-order valence-electron chi connectivity index (χ1n) is 7.70. The van der Waals surface area contributed by atoms with Crippen LogP contribution in [-0.4, -0.2) is 39.4 Å². The SMILES string of the molecule is Cc1ccc([C@H]2C[C@@H](O)[C@@H](O)[C@@H]2NC(=O)c2cccnc2)cc1. The zero-order chi connectivity index (χ0) is 16.4. The fourth-order valence-corrected chi connectivity index (χ4v) is 3.10. The molecule has 4 atom stereocenters. The molecule has 1 heterocycles. The molecule has 1 aliphatic carbocycles. The van der Waals surface area contributed by atoms with Gasteiger partial charge in [-0.1, -0.05) is 29.8 Å². The van der Waals surface area contributed by atoms with Gasteiger partial charge < -0.3 is 15.5 Å². The van der Waals surface area contributed by atoms with Gasteiger partial charge in [-0.25, -0.2) is 0 Å². The zero-order valence-electron chi connectivity index (χ0n) is 12.9. The van der Waals surface area contributed by atoms with E-state index in [4.69, 9.17) is 0 Å². The Kier molecular flexibility index (Phi) is 4.41. The van der Waals surface area contributed by atoms with E-state index in [-0.39, 0.29) is 11.8 Å². The number of hydrogen-bond donors (Lipinski definition) is 3. The van der Waals surface area contributed by atoms with Crippen LogP contribution in [0.4, 0.5) is 0 Å². The van der Waals surface area contributed by atoms with E-state index < -0.39 is 18.2 Å². The van der Waals surface area contributed by atoms with Gasteiger partial charge in [0.15, 0.2) is 0 Å². The van der Waals surface area contributed by atoms with Crippen molar-refractivity contribution in [3.8, 4) is 0 Å². The Bertz CT molecular complexity index is 672. The topological polar surface area (TPSA) is 82.5 Å². The van der Waals surface area contributed by atoms with Gasteiger partial charge >= 0.3 is 0 Å². The molecule has 5 nitrogen and oxygen atoms in total. The summed E-state index contributed by atoms with van der Waals surface area (Å²) in [5, 5.41) is 23.1. The van der Waals surface area contributed by atoms with Crippen molar-refractivity contribution in [2.75, 3.05) is 0 Å². The summed E-state index contributed by atoms with van der Waals surface area (Å²) in [6, 6.07) is 10.8. The Morgan fingerprint density at radius 3 is 2.61 bits per heavy atom. The number of aryl methyl sites for hydroxylation is 1. The van der Waals surface area contributed by atoms with E-state index in [0.717, 1.165) is 11.1 Å². The fourth-order valence-electron chi connectivity index (χ4n) is 3.10. The number of benzene rings is 1. The van der Waals surface area contributed by atoms with Gasteiger partial charge in [0, 0.05) is 18.3 Å². The van der Waals surface area contributed by atoms with Crippen molar-refractivity contribution in [2.24, 2.45) is 0 Å². The largest absolute Gasteiger partial charge is 0.390 e. The lowest BCUT2D eigenvalue weighted by Gasteiger charge is -2.24. The highest BCUT2D eigenvalue weighted by Crippen LogP contribution is 2.35. The number of nitrogens with one attached hydrogen (secondary N) is 1. The van der Waals surface area contributed by atoms with Crippen molar-refractivity contribution >= 4 is 5.91 Å². The number of nitrogens with zero attached hydrogens (tertiary/aromatic N) is 1. The number of rotatable bonds is 3. The first-order valence-corrected chi connectivity index (χ1v) is 7.70. The third-order valence-electron chi connectivity index (χ3n) is 4.42. The molecule has 1 aromatic heterocycles. The Balaban J connectivity index is 1.82. The summed E-state index contributed by atoms with van der Waals surface area (Å²) in [6.07, 6.45) is 1.67. The average Bonchev–Trinajstić information content (AvgIpc) is 2.85. The van der Waals surface area contributed by atoms with Gasteiger partial charge in [0.2, 0.25) is 0 Å². The monoisotopic (exact) mass is 312 g/mol. The van der Waals surface area contributed by atoms with Crippen molar-refractivity contribution in [2.45, 2.75) is 37.5 Å². The van der Waals surface area contributed by atoms with Crippen LogP contribution in [0.2, 0.25) is 0 Å². The van der Waals surface area contributed by atoms with Crippen molar-refractivity contribution in [1.82, 2.24) is 10.3 Å². The molecule has 1 aliphatic rings. The minimum atomic E-state index is -0.984. The minimum absolute atomic E-state index is 0.124. The molecule has 1 fully saturated rings. The minimum Gasteiger partial charge on any atom is -0.390 e. The van der Waals surface area contributed by atoms with Gasteiger partial charge in [0.1, 0.15) is 6.10 Å². The second-order valence-corrected chi connectivity index (χ2v) is 6.05. The Morgan fingerprint density at radius 2 is 1.96 bits per heavy atom. The molecule has 0 unspecified atom stereocenters. The number of aliphatic hydroxyl groups excluding tert-OH is 2. The summed E-state index contributed by atoms with van der Waals surface area (Å²) < 4.78 is 0. The molecule has 2 aromatic rings. The highest BCUT2D eigenvalue weighted by Gasteiger charge is 2.43. The summed E-state index contributed by atoms with van der Waals surface area (Å²) in [6.45, 7) is 2.00. The van der Waals surface area contributed by atoms with E-state index in [9.17, 15) is 15.0 Å². The maximum atomic E-state index is 12.3. The summed E-state index contributed by atoms with van der Waals surface area (Å²) >= 11 is 0. The Hall–Kier alpha value is -2.24. The first kappa shape index (κ1) is 15.6. The quantitative estimate of drug-likeness (QED) is 0.800. The van der Waals surface area contributed by atoms with Gasteiger partial charge in [0.25, 0.3) is 5.91 Å². The van der Waals surface area contributed by atoms with Crippen LogP contribution in [0.15, 0.2) is 48.8 Å². The van der Waals surface area contributed by atoms with Crippen LogP contribution >= 0.6 is 0 Å². The van der Waals surface area contributed by atoms with Gasteiger partial charge in [-0.05, 0) is 31.0 Å². The molecule has 3 rings (SSSR count). The van der Waals surface area contributed by atoms with E-state index in [0.29, 0.717) is 12.0 Å². The number of carbonyl (C=O) groups is 1. The van der Waals surface area contributed by atoms with Gasteiger partial charge in [-0.3, -0.25) is 9.78 Å². The van der Waals surface area contributed by atoms with Crippen molar-refractivity contribution < 1.29 is 15.0 Å². The summed E-state index contributed by atoms with van der Waals surface area (Å²) in [5.41, 5.74) is 2.58. The standard InChI is InChI=1S/C18H20N2O3/c1-11-4-6-12(7-5-11)14-9-15(21)17(22)16(14)20-18(23)13-3-2-8-19-10-13/h2-8,10,14-17,21-22H,9H2,1H3,(H,20,23)/t14-,15-,16-,17-/m1/s1. The molecule has 0 aliphatic heterocycles. The molecule has 120 valence electrons. The normalized spacial score (nSPS) is 26.9. The number of hydrogen-bond acceptors (Lipinski definition) is 4. The van der Waals surface area contributed by atoms with Gasteiger partial charge in [0.05, 0.1) is 17.7 Å². The Labute approximate surface area is 135 Å². The number of amides is 1. The summed E-state index contributed by atoms with van der Waals surface area (Å²) in [7, 11) is 0. The molecule has 5 heteroatoms. The predicted octanol–water partition coefficient (Wildman–Crippen LogP) is 1.40. The smallest absolute Gasteiger partial charge is 0.253 e. The maximum absolute atomic E-state index is 12.3. The molecular weight excluding hydrogens is 292 g/mol.